The van der Waals surface area contributed by atoms with Gasteiger partial charge in [0.15, 0.2) is 0 Å². The Balaban J connectivity index is 1.70. The van der Waals surface area contributed by atoms with E-state index in [1.807, 2.05) is 0 Å². The van der Waals surface area contributed by atoms with Crippen LogP contribution >= 0.6 is 0 Å². The van der Waals surface area contributed by atoms with Crippen molar-refractivity contribution in [1.82, 2.24) is 19.2 Å². The van der Waals surface area contributed by atoms with Crippen molar-refractivity contribution in [3.05, 3.63) is 57.8 Å². The van der Waals surface area contributed by atoms with Crippen molar-refractivity contribution in [2.75, 3.05) is 13.1 Å². The minimum atomic E-state index is -3.65. The van der Waals surface area contributed by atoms with Crippen molar-refractivity contribution in [2.24, 2.45) is 0 Å². The summed E-state index contributed by atoms with van der Waals surface area (Å²) < 4.78 is 28.0. The summed E-state index contributed by atoms with van der Waals surface area (Å²) in [5.74, 6) is 0.478. The quantitative estimate of drug-likeness (QED) is 0.827. The lowest BCUT2D eigenvalue weighted by Crippen LogP contribution is -2.42. The highest BCUT2D eigenvalue weighted by molar-refractivity contribution is 7.89. The molecule has 7 nitrogen and oxygen atoms in total. The fraction of sp³-hybridized carbons (Fsp3) is 0.524. The Morgan fingerprint density at radius 3 is 2.62 bits per heavy atom. The third-order valence-corrected chi connectivity index (χ3v) is 7.89. The zero-order valence-corrected chi connectivity index (χ0v) is 17.8. The number of aromatic nitrogens is 2. The molecule has 2 aliphatic heterocycles. The molecule has 1 fully saturated rings. The smallest absolute Gasteiger partial charge is 0.255 e. The molecule has 0 bridgehead atoms. The summed E-state index contributed by atoms with van der Waals surface area (Å²) in [6.07, 6.45) is 3.09. The summed E-state index contributed by atoms with van der Waals surface area (Å²) >= 11 is 0. The van der Waals surface area contributed by atoms with E-state index >= 15 is 0 Å². The normalized spacial score (nSPS) is 21.3. The molecule has 1 saturated heterocycles. The number of H-pyrrole nitrogens is 1. The predicted molar refractivity (Wildman–Crippen MR) is 111 cm³/mol. The molecule has 0 saturated carbocycles. The number of benzene rings is 1. The van der Waals surface area contributed by atoms with E-state index in [1.165, 1.54) is 4.31 Å². The third-order valence-electron chi connectivity index (χ3n) is 5.97. The molecule has 2 aliphatic rings. The van der Waals surface area contributed by atoms with Crippen LogP contribution in [0.4, 0.5) is 0 Å². The molecule has 1 atom stereocenters. The fourth-order valence-electron chi connectivity index (χ4n) is 4.26. The third kappa shape index (κ3) is 3.89. The summed E-state index contributed by atoms with van der Waals surface area (Å²) in [5.41, 5.74) is 1.38. The summed E-state index contributed by atoms with van der Waals surface area (Å²) in [4.78, 5) is 23.0. The average molecular weight is 417 g/mol. The molecular formula is C21H28N4O3S. The van der Waals surface area contributed by atoms with Gasteiger partial charge in [-0.15, -0.1) is 0 Å². The van der Waals surface area contributed by atoms with Crippen LogP contribution in [0.1, 0.15) is 56.2 Å². The maximum atomic E-state index is 13.3. The van der Waals surface area contributed by atoms with Crippen molar-refractivity contribution in [1.29, 1.82) is 0 Å². The van der Waals surface area contributed by atoms with Crippen molar-refractivity contribution in [2.45, 2.75) is 63.1 Å². The average Bonchev–Trinajstić information content (AvgIpc) is 2.74. The number of fused-ring (bicyclic) bond motifs is 1. The zero-order valence-electron chi connectivity index (χ0n) is 17.0. The molecule has 0 unspecified atom stereocenters. The van der Waals surface area contributed by atoms with Gasteiger partial charge in [-0.3, -0.25) is 9.69 Å². The number of nitrogens with one attached hydrogen (secondary N) is 1. The van der Waals surface area contributed by atoms with Gasteiger partial charge in [-0.25, -0.2) is 13.4 Å². The highest BCUT2D eigenvalue weighted by Gasteiger charge is 2.36. The highest BCUT2D eigenvalue weighted by Crippen LogP contribution is 2.34. The Morgan fingerprint density at radius 1 is 1.14 bits per heavy atom. The van der Waals surface area contributed by atoms with Crippen molar-refractivity contribution < 1.29 is 8.42 Å². The number of hydrogen-bond donors (Lipinski definition) is 1. The van der Waals surface area contributed by atoms with Crippen LogP contribution in [-0.4, -0.2) is 46.7 Å². The molecule has 156 valence electrons. The maximum Gasteiger partial charge on any atom is 0.255 e. The molecule has 3 heterocycles. The van der Waals surface area contributed by atoms with Crippen LogP contribution in [-0.2, 0) is 23.0 Å². The summed E-state index contributed by atoms with van der Waals surface area (Å²) in [6.45, 7) is 6.12. The van der Waals surface area contributed by atoms with E-state index < -0.39 is 16.1 Å². The Hall–Kier alpha value is -2.03. The van der Waals surface area contributed by atoms with E-state index in [2.05, 4.69) is 23.7 Å². The van der Waals surface area contributed by atoms with Crippen LogP contribution in [0, 0.1) is 0 Å². The van der Waals surface area contributed by atoms with E-state index in [0.29, 0.717) is 43.4 Å². The SMILES string of the molecule is CC(C)N1CCc2nc([C@H]3CCCCN3S(=O)(=O)c3ccccc3)[nH]c(=O)c2C1. The predicted octanol–water partition coefficient (Wildman–Crippen LogP) is 2.45. The summed E-state index contributed by atoms with van der Waals surface area (Å²) in [6, 6.07) is 8.42. The molecule has 1 aromatic heterocycles. The molecule has 0 aliphatic carbocycles. The minimum absolute atomic E-state index is 0.141. The lowest BCUT2D eigenvalue weighted by Gasteiger charge is -2.35. The molecule has 4 rings (SSSR count). The fourth-order valence-corrected chi connectivity index (χ4v) is 5.94. The number of hydrogen-bond acceptors (Lipinski definition) is 5. The second-order valence-corrected chi connectivity index (χ2v) is 10.0. The van der Waals surface area contributed by atoms with Crippen molar-refractivity contribution in [3.8, 4) is 0 Å². The highest BCUT2D eigenvalue weighted by atomic mass is 32.2. The van der Waals surface area contributed by atoms with Crippen LogP contribution in [0.3, 0.4) is 0 Å². The topological polar surface area (TPSA) is 86.4 Å². The Bertz CT molecular complexity index is 1030. The molecule has 0 amide bonds. The molecule has 29 heavy (non-hydrogen) atoms. The van der Waals surface area contributed by atoms with Gasteiger partial charge in [0.25, 0.3) is 5.56 Å². The van der Waals surface area contributed by atoms with Gasteiger partial charge >= 0.3 is 0 Å². The number of aromatic amines is 1. The van der Waals surface area contributed by atoms with Crippen molar-refractivity contribution in [3.63, 3.8) is 0 Å². The molecule has 2 aromatic rings. The Morgan fingerprint density at radius 2 is 1.90 bits per heavy atom. The number of nitrogens with zero attached hydrogens (tertiary/aromatic N) is 3. The second-order valence-electron chi connectivity index (χ2n) is 8.13. The first kappa shape index (κ1) is 20.3. The maximum absolute atomic E-state index is 13.3. The summed E-state index contributed by atoms with van der Waals surface area (Å²) in [5, 5.41) is 0. The largest absolute Gasteiger partial charge is 0.309 e. The van der Waals surface area contributed by atoms with E-state index in [4.69, 9.17) is 4.98 Å². The van der Waals surface area contributed by atoms with E-state index in [-0.39, 0.29) is 10.5 Å². The first-order valence-corrected chi connectivity index (χ1v) is 11.7. The van der Waals surface area contributed by atoms with Gasteiger partial charge in [0, 0.05) is 32.1 Å². The zero-order chi connectivity index (χ0) is 20.6. The van der Waals surface area contributed by atoms with Gasteiger partial charge in [0.05, 0.1) is 22.2 Å². The Kier molecular flexibility index (Phi) is 5.59. The van der Waals surface area contributed by atoms with Crippen LogP contribution < -0.4 is 5.56 Å². The van der Waals surface area contributed by atoms with Gasteiger partial charge in [-0.2, -0.15) is 4.31 Å². The monoisotopic (exact) mass is 416 g/mol. The van der Waals surface area contributed by atoms with Gasteiger partial charge in [-0.05, 0) is 38.8 Å². The summed E-state index contributed by atoms with van der Waals surface area (Å²) in [7, 11) is -3.65. The van der Waals surface area contributed by atoms with Crippen LogP contribution in [0.5, 0.6) is 0 Å². The first-order chi connectivity index (χ1) is 13.9. The van der Waals surface area contributed by atoms with Crippen LogP contribution in [0.15, 0.2) is 40.0 Å². The minimum Gasteiger partial charge on any atom is -0.309 e. The van der Waals surface area contributed by atoms with E-state index in [9.17, 15) is 13.2 Å². The number of rotatable bonds is 4. The molecule has 1 aromatic carbocycles. The van der Waals surface area contributed by atoms with Crippen molar-refractivity contribution >= 4 is 10.0 Å². The molecule has 0 spiro atoms. The van der Waals surface area contributed by atoms with Gasteiger partial charge < -0.3 is 4.98 Å². The molecule has 1 N–H and O–H groups in total. The lowest BCUT2D eigenvalue weighted by molar-refractivity contribution is 0.198. The van der Waals surface area contributed by atoms with Gasteiger partial charge in [-0.1, -0.05) is 24.6 Å². The Labute approximate surface area is 171 Å². The van der Waals surface area contributed by atoms with E-state index in [1.54, 1.807) is 30.3 Å². The van der Waals surface area contributed by atoms with E-state index in [0.717, 1.165) is 25.1 Å². The second kappa shape index (κ2) is 8.01. The first-order valence-electron chi connectivity index (χ1n) is 10.3. The number of piperidine rings is 1. The van der Waals surface area contributed by atoms with Crippen LogP contribution in [0.25, 0.3) is 0 Å². The molecular weight excluding hydrogens is 388 g/mol. The molecule has 0 radical (unpaired) electrons. The standard InChI is InChI=1S/C21H28N4O3S/c1-15(2)24-13-11-18-17(14-24)21(26)23-20(22-18)19-10-6-7-12-25(19)29(27,28)16-8-4-3-5-9-16/h3-5,8-9,15,19H,6-7,10-14H2,1-2H3,(H,22,23,26)/t19-/m1/s1. The lowest BCUT2D eigenvalue weighted by atomic mass is 10.0. The van der Waals surface area contributed by atoms with Gasteiger partial charge in [0.2, 0.25) is 10.0 Å². The number of sulfonamides is 1. The molecule has 8 heteroatoms. The van der Waals surface area contributed by atoms with Gasteiger partial charge in [0.1, 0.15) is 5.82 Å². The van der Waals surface area contributed by atoms with Crippen LogP contribution in [0.2, 0.25) is 0 Å².